The first kappa shape index (κ1) is 17.7. The molecule has 0 aliphatic carbocycles. The normalized spacial score (nSPS) is 10.2. The number of amides is 3. The van der Waals surface area contributed by atoms with Crippen molar-refractivity contribution in [3.8, 4) is 0 Å². The standard InChI is InChI=1S/C16H23N3O3/c1-10(2)5-6-17-16(22)13-7-14(18-11(3)20)9-15(8-13)19-12(4)21/h7-10H,5-6H2,1-4H3,(H,17,22)(H,18,20)(H,19,21). The quantitative estimate of drug-likeness (QED) is 0.754. The highest BCUT2D eigenvalue weighted by atomic mass is 16.2. The summed E-state index contributed by atoms with van der Waals surface area (Å²) >= 11 is 0. The van der Waals surface area contributed by atoms with Gasteiger partial charge in [0.2, 0.25) is 11.8 Å². The summed E-state index contributed by atoms with van der Waals surface area (Å²) in [6.07, 6.45) is 0.885. The second kappa shape index (κ2) is 8.17. The first-order chi connectivity index (χ1) is 10.3. The fourth-order valence-corrected chi connectivity index (χ4v) is 1.89. The van der Waals surface area contributed by atoms with Gasteiger partial charge in [-0.2, -0.15) is 0 Å². The van der Waals surface area contributed by atoms with Crippen molar-refractivity contribution in [3.05, 3.63) is 23.8 Å². The van der Waals surface area contributed by atoms with Crippen LogP contribution in [0, 0.1) is 5.92 Å². The maximum atomic E-state index is 12.2. The molecule has 6 heteroatoms. The Morgan fingerprint density at radius 1 is 0.955 bits per heavy atom. The number of carbonyl (C=O) groups is 3. The Bertz CT molecular complexity index is 534. The van der Waals surface area contributed by atoms with Gasteiger partial charge in [-0.05, 0) is 30.5 Å². The van der Waals surface area contributed by atoms with Crippen molar-refractivity contribution in [1.29, 1.82) is 0 Å². The van der Waals surface area contributed by atoms with Gasteiger partial charge in [-0.15, -0.1) is 0 Å². The monoisotopic (exact) mass is 305 g/mol. The van der Waals surface area contributed by atoms with Gasteiger partial charge < -0.3 is 16.0 Å². The minimum absolute atomic E-state index is 0.237. The van der Waals surface area contributed by atoms with Gasteiger partial charge >= 0.3 is 0 Å². The molecule has 0 radical (unpaired) electrons. The molecule has 1 rings (SSSR count). The fourth-order valence-electron chi connectivity index (χ4n) is 1.89. The number of rotatable bonds is 6. The Morgan fingerprint density at radius 2 is 1.45 bits per heavy atom. The van der Waals surface area contributed by atoms with Crippen LogP contribution in [0.15, 0.2) is 18.2 Å². The van der Waals surface area contributed by atoms with Crippen LogP contribution in [0.2, 0.25) is 0 Å². The van der Waals surface area contributed by atoms with Gasteiger partial charge in [0.15, 0.2) is 0 Å². The van der Waals surface area contributed by atoms with Crippen molar-refractivity contribution in [1.82, 2.24) is 5.32 Å². The molecule has 0 saturated heterocycles. The summed E-state index contributed by atoms with van der Waals surface area (Å²) in [6, 6.07) is 4.77. The maximum Gasteiger partial charge on any atom is 0.251 e. The predicted molar refractivity (Wildman–Crippen MR) is 86.8 cm³/mol. The summed E-state index contributed by atoms with van der Waals surface area (Å²) in [5, 5.41) is 8.06. The van der Waals surface area contributed by atoms with E-state index in [9.17, 15) is 14.4 Å². The smallest absolute Gasteiger partial charge is 0.251 e. The van der Waals surface area contributed by atoms with Gasteiger partial charge in [0.1, 0.15) is 0 Å². The number of hydrogen-bond donors (Lipinski definition) is 3. The largest absolute Gasteiger partial charge is 0.352 e. The SMILES string of the molecule is CC(=O)Nc1cc(NC(C)=O)cc(C(=O)NCCC(C)C)c1. The van der Waals surface area contributed by atoms with E-state index in [1.54, 1.807) is 18.2 Å². The number of anilines is 2. The molecule has 0 bridgehead atoms. The van der Waals surface area contributed by atoms with Crippen molar-refractivity contribution in [2.75, 3.05) is 17.2 Å². The maximum absolute atomic E-state index is 12.2. The molecule has 0 saturated carbocycles. The second-order valence-electron chi connectivity index (χ2n) is 5.60. The molecule has 22 heavy (non-hydrogen) atoms. The van der Waals surface area contributed by atoms with Gasteiger partial charge in [0.05, 0.1) is 0 Å². The van der Waals surface area contributed by atoms with E-state index >= 15 is 0 Å². The molecule has 1 aromatic carbocycles. The average molecular weight is 305 g/mol. The van der Waals surface area contributed by atoms with Crippen LogP contribution in [0.4, 0.5) is 11.4 Å². The summed E-state index contributed by atoms with van der Waals surface area (Å²) in [7, 11) is 0. The van der Waals surface area contributed by atoms with Crippen LogP contribution in [-0.4, -0.2) is 24.3 Å². The summed E-state index contributed by atoms with van der Waals surface area (Å²) in [6.45, 7) is 7.51. The lowest BCUT2D eigenvalue weighted by molar-refractivity contribution is -0.115. The molecule has 3 amide bonds. The van der Waals surface area contributed by atoms with E-state index in [1.807, 2.05) is 0 Å². The topological polar surface area (TPSA) is 87.3 Å². The first-order valence-electron chi connectivity index (χ1n) is 7.26. The molecular weight excluding hydrogens is 282 g/mol. The van der Waals surface area contributed by atoms with E-state index in [0.717, 1.165) is 6.42 Å². The third kappa shape index (κ3) is 6.39. The lowest BCUT2D eigenvalue weighted by atomic mass is 10.1. The van der Waals surface area contributed by atoms with Gasteiger partial charge in [0.25, 0.3) is 5.91 Å². The number of carbonyl (C=O) groups excluding carboxylic acids is 3. The third-order valence-electron chi connectivity index (χ3n) is 2.84. The number of nitrogens with one attached hydrogen (secondary N) is 3. The van der Waals surface area contributed by atoms with Crippen LogP contribution in [0.25, 0.3) is 0 Å². The molecule has 0 aliphatic rings. The Kier molecular flexibility index (Phi) is 6.56. The van der Waals surface area contributed by atoms with E-state index in [1.165, 1.54) is 13.8 Å². The fraction of sp³-hybridized carbons (Fsp3) is 0.438. The minimum Gasteiger partial charge on any atom is -0.352 e. The zero-order valence-electron chi connectivity index (χ0n) is 13.4. The summed E-state index contributed by atoms with van der Waals surface area (Å²) in [4.78, 5) is 34.5. The van der Waals surface area contributed by atoms with Crippen LogP contribution in [0.3, 0.4) is 0 Å². The van der Waals surface area contributed by atoms with E-state index in [-0.39, 0.29) is 17.7 Å². The predicted octanol–water partition coefficient (Wildman–Crippen LogP) is 2.38. The van der Waals surface area contributed by atoms with Crippen LogP contribution in [0.1, 0.15) is 44.5 Å². The van der Waals surface area contributed by atoms with E-state index < -0.39 is 0 Å². The van der Waals surface area contributed by atoms with Crippen LogP contribution >= 0.6 is 0 Å². The minimum atomic E-state index is -0.244. The Balaban J connectivity index is 2.93. The first-order valence-corrected chi connectivity index (χ1v) is 7.26. The van der Waals surface area contributed by atoms with Crippen molar-refractivity contribution >= 4 is 29.1 Å². The summed E-state index contributed by atoms with van der Waals surface area (Å²) in [5.74, 6) is -0.224. The Morgan fingerprint density at radius 3 is 1.86 bits per heavy atom. The summed E-state index contributed by atoms with van der Waals surface area (Å²) in [5.41, 5.74) is 1.32. The van der Waals surface area contributed by atoms with Crippen molar-refractivity contribution in [2.24, 2.45) is 5.92 Å². The van der Waals surface area contributed by atoms with Crippen LogP contribution in [0.5, 0.6) is 0 Å². The Hall–Kier alpha value is -2.37. The zero-order valence-corrected chi connectivity index (χ0v) is 13.4. The number of hydrogen-bond acceptors (Lipinski definition) is 3. The molecule has 120 valence electrons. The van der Waals surface area contributed by atoms with E-state index in [4.69, 9.17) is 0 Å². The lowest BCUT2D eigenvalue weighted by Crippen LogP contribution is -2.25. The van der Waals surface area contributed by atoms with Crippen LogP contribution in [-0.2, 0) is 9.59 Å². The molecule has 1 aromatic rings. The Labute approximate surface area is 130 Å². The van der Waals surface area contributed by atoms with Gasteiger partial charge in [0, 0.05) is 37.3 Å². The molecule has 0 heterocycles. The van der Waals surface area contributed by atoms with Crippen LogP contribution < -0.4 is 16.0 Å². The lowest BCUT2D eigenvalue weighted by Gasteiger charge is -2.11. The van der Waals surface area contributed by atoms with Gasteiger partial charge in [-0.1, -0.05) is 13.8 Å². The highest BCUT2D eigenvalue weighted by Crippen LogP contribution is 2.19. The van der Waals surface area contributed by atoms with Crippen molar-refractivity contribution < 1.29 is 14.4 Å². The van der Waals surface area contributed by atoms with Crippen molar-refractivity contribution in [3.63, 3.8) is 0 Å². The molecule has 0 atom stereocenters. The molecule has 3 N–H and O–H groups in total. The molecule has 0 aliphatic heterocycles. The highest BCUT2D eigenvalue weighted by molar-refractivity contribution is 5.99. The molecule has 6 nitrogen and oxygen atoms in total. The van der Waals surface area contributed by atoms with Crippen molar-refractivity contribution in [2.45, 2.75) is 34.1 Å². The average Bonchev–Trinajstić information content (AvgIpc) is 2.36. The zero-order chi connectivity index (χ0) is 16.7. The molecule has 0 aromatic heterocycles. The summed E-state index contributed by atoms with van der Waals surface area (Å²) < 4.78 is 0. The molecule has 0 fully saturated rings. The van der Waals surface area contributed by atoms with E-state index in [2.05, 4.69) is 29.8 Å². The number of benzene rings is 1. The second-order valence-corrected chi connectivity index (χ2v) is 5.60. The van der Waals surface area contributed by atoms with Gasteiger partial charge in [-0.25, -0.2) is 0 Å². The molecule has 0 spiro atoms. The molecular formula is C16H23N3O3. The van der Waals surface area contributed by atoms with E-state index in [0.29, 0.717) is 29.4 Å². The molecule has 0 unspecified atom stereocenters. The third-order valence-corrected chi connectivity index (χ3v) is 2.84. The van der Waals surface area contributed by atoms with Gasteiger partial charge in [-0.3, -0.25) is 14.4 Å². The highest BCUT2D eigenvalue weighted by Gasteiger charge is 2.10.